The Kier molecular flexibility index (Phi) is 3.90. The lowest BCUT2D eigenvalue weighted by Gasteiger charge is -2.18. The number of rotatable bonds is 10. The number of hydrogen-bond donors (Lipinski definition) is 2. The average Bonchev–Trinajstić information content (AvgIpc) is 3.33. The minimum absolute atomic E-state index is 0.0571. The van der Waals surface area contributed by atoms with Crippen molar-refractivity contribution in [3.05, 3.63) is 0 Å². The molecular weight excluding hydrogens is 286 g/mol. The number of carbonyl (C=O) groups is 3. The van der Waals surface area contributed by atoms with Gasteiger partial charge >= 0.3 is 5.97 Å². The van der Waals surface area contributed by atoms with E-state index in [1.807, 2.05) is 13.8 Å². The van der Waals surface area contributed by atoms with Crippen LogP contribution >= 0.6 is 0 Å². The van der Waals surface area contributed by atoms with Crippen LogP contribution in [0.4, 0.5) is 0 Å². The molecule has 0 bridgehead atoms. The van der Waals surface area contributed by atoms with Gasteiger partial charge < -0.3 is 15.2 Å². The van der Waals surface area contributed by atoms with Crippen molar-refractivity contribution in [2.24, 2.45) is 17.7 Å². The van der Waals surface area contributed by atoms with Gasteiger partial charge in [0.05, 0.1) is 0 Å². The van der Waals surface area contributed by atoms with Gasteiger partial charge in [0.1, 0.15) is 0 Å². The van der Waals surface area contributed by atoms with Gasteiger partial charge in [0, 0.05) is 28.5 Å². The molecule has 0 saturated carbocycles. The van der Waals surface area contributed by atoms with Crippen molar-refractivity contribution in [3.8, 4) is 0 Å². The lowest BCUT2D eigenvalue weighted by molar-refractivity contribution is -0.138. The molecule has 1 fully saturated rings. The molecule has 1 aliphatic rings. The van der Waals surface area contributed by atoms with Crippen molar-refractivity contribution in [2.75, 3.05) is 6.54 Å². The normalized spacial score (nSPS) is 31.7. The molecule has 1 saturated heterocycles. The van der Waals surface area contributed by atoms with Crippen LogP contribution in [0.5, 0.6) is 0 Å². The van der Waals surface area contributed by atoms with Crippen LogP contribution in [0.3, 0.4) is 0 Å². The van der Waals surface area contributed by atoms with Crippen LogP contribution in [0.1, 0.15) is 56.4 Å². The van der Waals surface area contributed by atoms with Crippen LogP contribution in [0.25, 0.3) is 0 Å². The standard InChI is InChI=1S/C16H27NO5/c1-9(2)5-6-17-15(19)11(7-10(3)4)8-12(18)13-14(22-13)16(20)21/h9-11,13-14H,5-8H2,1-4H3,(H,17,19)(H,20,21)/t11-,13+,14-/m0/s1/i3D3,7D2,10D,11D/t10?,11-,13+,14-. The van der Waals surface area contributed by atoms with Gasteiger partial charge in [-0.2, -0.15) is 0 Å². The Morgan fingerprint density at radius 2 is 2.05 bits per heavy atom. The first kappa shape index (κ1) is 10.4. The van der Waals surface area contributed by atoms with Crippen molar-refractivity contribution >= 4 is 17.7 Å². The lowest BCUT2D eigenvalue weighted by atomic mass is 9.90. The number of hydrogen-bond acceptors (Lipinski definition) is 4. The number of aliphatic carboxylic acids is 1. The third-order valence-electron chi connectivity index (χ3n) is 3.02. The highest BCUT2D eigenvalue weighted by molar-refractivity contribution is 5.95. The molecule has 1 amide bonds. The maximum absolute atomic E-state index is 12.7. The zero-order valence-corrected chi connectivity index (χ0v) is 12.9. The topological polar surface area (TPSA) is 96.0 Å². The van der Waals surface area contributed by atoms with Gasteiger partial charge in [-0.25, -0.2) is 4.79 Å². The highest BCUT2D eigenvalue weighted by atomic mass is 16.6. The third kappa shape index (κ3) is 6.13. The highest BCUT2D eigenvalue weighted by Crippen LogP contribution is 2.27. The monoisotopic (exact) mass is 320 g/mol. The van der Waals surface area contributed by atoms with Gasteiger partial charge in [0.25, 0.3) is 0 Å². The Labute approximate surface area is 141 Å². The molecule has 0 aromatic rings. The fraction of sp³-hybridized carbons (Fsp3) is 0.812. The molecule has 1 aliphatic heterocycles. The van der Waals surface area contributed by atoms with Crippen LogP contribution in [0.2, 0.25) is 0 Å². The Morgan fingerprint density at radius 3 is 2.55 bits per heavy atom. The SMILES string of the molecule is [2H]C([2H])([2H])C([2H])(C)C([2H])([2H])[C@@]([2H])(CC(=O)[C@H]1O[C@@H]1C(=O)O)C(=O)NCCC(C)C. The zero-order valence-electron chi connectivity index (χ0n) is 19.9. The number of carboxylic acids is 1. The molecule has 22 heavy (non-hydrogen) atoms. The Morgan fingerprint density at radius 1 is 1.36 bits per heavy atom. The number of ketones is 1. The van der Waals surface area contributed by atoms with E-state index in [0.29, 0.717) is 6.42 Å². The number of amides is 1. The molecule has 126 valence electrons. The van der Waals surface area contributed by atoms with Crippen LogP contribution in [0.15, 0.2) is 0 Å². The van der Waals surface area contributed by atoms with E-state index in [9.17, 15) is 14.4 Å². The minimum Gasteiger partial charge on any atom is -0.479 e. The van der Waals surface area contributed by atoms with E-state index in [1.54, 1.807) is 0 Å². The Bertz CT molecular complexity index is 665. The first-order valence-corrected chi connectivity index (χ1v) is 7.09. The molecule has 2 N–H and O–H groups in total. The third-order valence-corrected chi connectivity index (χ3v) is 3.02. The van der Waals surface area contributed by atoms with Gasteiger partial charge in [-0.15, -0.1) is 0 Å². The number of Topliss-reactive ketones (excluding diaryl/α,β-unsaturated/α-hetero) is 1. The minimum atomic E-state index is -3.30. The van der Waals surface area contributed by atoms with Crippen LogP contribution in [0, 0.1) is 17.7 Å². The second kappa shape index (κ2) is 8.27. The average molecular weight is 320 g/mol. The summed E-state index contributed by atoms with van der Waals surface area (Å²) in [6.45, 7) is 1.33. The molecule has 1 rings (SSSR count). The van der Waals surface area contributed by atoms with E-state index in [0.717, 1.165) is 6.92 Å². The predicted molar refractivity (Wildman–Crippen MR) is 81.3 cm³/mol. The summed E-state index contributed by atoms with van der Waals surface area (Å²) in [6.07, 6.45) is -6.83. The Hall–Kier alpha value is -1.43. The molecular formula is C16H27NO5. The molecule has 1 heterocycles. The predicted octanol–water partition coefficient (Wildman–Crippen LogP) is 1.62. The smallest absolute Gasteiger partial charge is 0.336 e. The first-order chi connectivity index (χ1) is 12.9. The largest absolute Gasteiger partial charge is 0.479 e. The lowest BCUT2D eigenvalue weighted by Crippen LogP contribution is -2.34. The number of nitrogens with one attached hydrogen (secondary N) is 1. The van der Waals surface area contributed by atoms with E-state index in [2.05, 4.69) is 5.32 Å². The molecule has 4 atom stereocenters. The summed E-state index contributed by atoms with van der Waals surface area (Å²) < 4.78 is 60.2. The van der Waals surface area contributed by atoms with E-state index in [1.165, 1.54) is 0 Å². The van der Waals surface area contributed by atoms with Crippen molar-refractivity contribution in [3.63, 3.8) is 0 Å². The first-order valence-electron chi connectivity index (χ1n) is 10.6. The van der Waals surface area contributed by atoms with E-state index in [-0.39, 0.29) is 12.5 Å². The number of carbonyl (C=O) groups excluding carboxylic acids is 2. The molecule has 0 spiro atoms. The molecule has 0 radical (unpaired) electrons. The second-order valence-electron chi connectivity index (χ2n) is 5.63. The summed E-state index contributed by atoms with van der Waals surface area (Å²) in [4.78, 5) is 36.0. The quantitative estimate of drug-likeness (QED) is 0.596. The second-order valence-corrected chi connectivity index (χ2v) is 5.63. The van der Waals surface area contributed by atoms with E-state index >= 15 is 0 Å². The Balaban J connectivity index is 3.25. The fourth-order valence-electron chi connectivity index (χ4n) is 1.81. The summed E-state index contributed by atoms with van der Waals surface area (Å²) in [5.41, 5.74) is 0. The maximum Gasteiger partial charge on any atom is 0.336 e. The van der Waals surface area contributed by atoms with Gasteiger partial charge in [0.2, 0.25) is 5.91 Å². The van der Waals surface area contributed by atoms with Crippen LogP contribution in [-0.4, -0.2) is 41.5 Å². The molecule has 6 heteroatoms. The summed E-state index contributed by atoms with van der Waals surface area (Å²) in [6, 6.07) is 0. The highest BCUT2D eigenvalue weighted by Gasteiger charge is 2.50. The van der Waals surface area contributed by atoms with E-state index in [4.69, 9.17) is 19.4 Å². The van der Waals surface area contributed by atoms with Crippen molar-refractivity contribution in [1.82, 2.24) is 5.32 Å². The molecule has 0 aromatic heterocycles. The molecule has 0 aromatic carbocycles. The van der Waals surface area contributed by atoms with Gasteiger partial charge in [0.15, 0.2) is 18.0 Å². The molecule has 0 aliphatic carbocycles. The summed E-state index contributed by atoms with van der Waals surface area (Å²) in [5.74, 6) is -9.40. The molecule has 1 unspecified atom stereocenters. The van der Waals surface area contributed by atoms with Crippen LogP contribution < -0.4 is 5.32 Å². The van der Waals surface area contributed by atoms with Crippen molar-refractivity contribution in [1.29, 1.82) is 0 Å². The summed E-state index contributed by atoms with van der Waals surface area (Å²) >= 11 is 0. The molecule has 6 nitrogen and oxygen atoms in total. The summed E-state index contributed by atoms with van der Waals surface area (Å²) in [7, 11) is 0. The van der Waals surface area contributed by atoms with Gasteiger partial charge in [-0.3, -0.25) is 9.59 Å². The zero-order chi connectivity index (χ0) is 23.0. The van der Waals surface area contributed by atoms with Crippen molar-refractivity contribution < 1.29 is 33.8 Å². The fourth-order valence-corrected chi connectivity index (χ4v) is 1.81. The van der Waals surface area contributed by atoms with Crippen molar-refractivity contribution in [2.45, 2.75) is 59.0 Å². The maximum atomic E-state index is 12.7. The van der Waals surface area contributed by atoms with Crippen LogP contribution in [-0.2, 0) is 19.1 Å². The number of epoxide rings is 1. The number of carboxylic acid groups (broad SMARTS) is 1. The number of ether oxygens (including phenoxy) is 1. The van der Waals surface area contributed by atoms with E-state index < -0.39 is 61.3 Å². The summed E-state index contributed by atoms with van der Waals surface area (Å²) in [5, 5.41) is 11.2. The van der Waals surface area contributed by atoms with Gasteiger partial charge in [-0.05, 0) is 24.6 Å². The van der Waals surface area contributed by atoms with Gasteiger partial charge in [-0.1, -0.05) is 27.6 Å².